The van der Waals surface area contributed by atoms with Gasteiger partial charge in [-0.1, -0.05) is 59.7 Å². The lowest BCUT2D eigenvalue weighted by Crippen LogP contribution is -2.37. The molecule has 7 rings (SSSR count). The van der Waals surface area contributed by atoms with Crippen LogP contribution >= 0.6 is 0 Å². The molecule has 2 aliphatic heterocycles. The van der Waals surface area contributed by atoms with Crippen LogP contribution in [0.4, 0.5) is 17.5 Å². The SMILES string of the molecule is O=C1Nc2ccccc2C(c2ccccc2)=NC1Nc1nnc(-c2nc3ccccn3c2N2CCOCC2)o1. The first-order valence-electron chi connectivity index (χ1n) is 12.7. The Balaban J connectivity index is 1.24. The molecule has 11 heteroatoms. The fourth-order valence-corrected chi connectivity index (χ4v) is 4.88. The molecule has 2 N–H and O–H groups in total. The zero-order valence-corrected chi connectivity index (χ0v) is 20.8. The number of benzodiazepines with no additional fused rings is 1. The summed E-state index contributed by atoms with van der Waals surface area (Å²) in [7, 11) is 0. The minimum atomic E-state index is -0.999. The summed E-state index contributed by atoms with van der Waals surface area (Å²) in [6.45, 7) is 2.68. The number of carbonyl (C=O) groups excluding carboxylic acids is 1. The highest BCUT2D eigenvalue weighted by Crippen LogP contribution is 2.32. The Morgan fingerprint density at radius 1 is 0.923 bits per heavy atom. The number of carbonyl (C=O) groups is 1. The predicted octanol–water partition coefficient (Wildman–Crippen LogP) is 3.45. The van der Waals surface area contributed by atoms with E-state index in [0.717, 1.165) is 22.6 Å². The lowest BCUT2D eigenvalue weighted by molar-refractivity contribution is -0.116. The highest BCUT2D eigenvalue weighted by molar-refractivity contribution is 6.19. The van der Waals surface area contributed by atoms with Crippen molar-refractivity contribution >= 4 is 34.8 Å². The first-order valence-corrected chi connectivity index (χ1v) is 12.7. The van der Waals surface area contributed by atoms with Crippen molar-refractivity contribution < 1.29 is 13.9 Å². The molecule has 1 saturated heterocycles. The van der Waals surface area contributed by atoms with Crippen LogP contribution in [0, 0.1) is 0 Å². The summed E-state index contributed by atoms with van der Waals surface area (Å²) in [4.78, 5) is 25.0. The second-order valence-corrected chi connectivity index (χ2v) is 9.15. The van der Waals surface area contributed by atoms with E-state index in [9.17, 15) is 4.79 Å². The smallest absolute Gasteiger partial charge is 0.317 e. The van der Waals surface area contributed by atoms with Gasteiger partial charge in [-0.25, -0.2) is 9.98 Å². The zero-order chi connectivity index (χ0) is 26.2. The second kappa shape index (κ2) is 9.69. The minimum Gasteiger partial charge on any atom is -0.401 e. The standard InChI is InChI=1S/C28H24N8O3/c37-25-24(31-22(18-8-2-1-3-9-18)19-10-4-5-11-20(19)29-25)32-28-34-33-26(39-28)23-27(35-14-16-38-17-15-35)36-13-7-6-12-21(36)30-23/h1-13,24H,14-17H2,(H,29,37)(H,32,34). The van der Waals surface area contributed by atoms with Crippen molar-refractivity contribution in [3.05, 3.63) is 90.1 Å². The molecule has 39 heavy (non-hydrogen) atoms. The number of amides is 1. The number of rotatable bonds is 5. The van der Waals surface area contributed by atoms with Crippen molar-refractivity contribution in [3.8, 4) is 11.6 Å². The third-order valence-electron chi connectivity index (χ3n) is 6.70. The summed E-state index contributed by atoms with van der Waals surface area (Å²) in [6.07, 6.45) is 0.958. The van der Waals surface area contributed by atoms with Gasteiger partial charge in [-0.05, 0) is 18.2 Å². The molecular weight excluding hydrogens is 496 g/mol. The third kappa shape index (κ3) is 4.28. The molecule has 1 amide bonds. The van der Waals surface area contributed by atoms with E-state index in [-0.39, 0.29) is 17.8 Å². The van der Waals surface area contributed by atoms with Gasteiger partial charge in [0.05, 0.1) is 24.6 Å². The second-order valence-electron chi connectivity index (χ2n) is 9.15. The van der Waals surface area contributed by atoms with Gasteiger partial charge in [0.1, 0.15) is 11.5 Å². The van der Waals surface area contributed by atoms with E-state index in [1.807, 2.05) is 83.4 Å². The van der Waals surface area contributed by atoms with Gasteiger partial charge in [-0.2, -0.15) is 0 Å². The molecule has 1 atom stereocenters. The normalized spacial score (nSPS) is 17.3. The highest BCUT2D eigenvalue weighted by Gasteiger charge is 2.29. The van der Waals surface area contributed by atoms with E-state index in [2.05, 4.69) is 25.7 Å². The molecule has 0 spiro atoms. The number of para-hydroxylation sites is 1. The maximum Gasteiger partial charge on any atom is 0.317 e. The van der Waals surface area contributed by atoms with Crippen LogP contribution in [0.3, 0.4) is 0 Å². The molecular formula is C28H24N8O3. The van der Waals surface area contributed by atoms with E-state index < -0.39 is 6.17 Å². The van der Waals surface area contributed by atoms with Crippen LogP contribution in [-0.2, 0) is 9.53 Å². The number of pyridine rings is 1. The lowest BCUT2D eigenvalue weighted by atomic mass is 10.0. The molecule has 0 aliphatic carbocycles. The van der Waals surface area contributed by atoms with Crippen molar-refractivity contribution in [2.24, 2.45) is 4.99 Å². The molecule has 194 valence electrons. The van der Waals surface area contributed by atoms with Crippen LogP contribution in [-0.4, -0.2) is 63.7 Å². The van der Waals surface area contributed by atoms with Crippen molar-refractivity contribution in [2.75, 3.05) is 41.8 Å². The highest BCUT2D eigenvalue weighted by atomic mass is 16.5. The number of aliphatic imine (C=N–C) groups is 1. The average Bonchev–Trinajstić information content (AvgIpc) is 3.58. The summed E-state index contributed by atoms with van der Waals surface area (Å²) >= 11 is 0. The molecule has 11 nitrogen and oxygen atoms in total. The Hall–Kier alpha value is -5.03. The first-order chi connectivity index (χ1) is 19.2. The van der Waals surface area contributed by atoms with E-state index in [4.69, 9.17) is 19.1 Å². The van der Waals surface area contributed by atoms with Crippen LogP contribution in [0.15, 0.2) is 88.4 Å². The Labute approximate surface area is 223 Å². The van der Waals surface area contributed by atoms with Crippen LogP contribution in [0.2, 0.25) is 0 Å². The fourth-order valence-electron chi connectivity index (χ4n) is 4.88. The number of benzene rings is 2. The summed E-state index contributed by atoms with van der Waals surface area (Å²) in [5.41, 5.74) is 4.40. The number of hydrogen-bond acceptors (Lipinski definition) is 9. The number of hydrogen-bond donors (Lipinski definition) is 2. The molecule has 0 saturated carbocycles. The Kier molecular flexibility index (Phi) is 5.74. The fraction of sp³-hybridized carbons (Fsp3) is 0.179. The van der Waals surface area contributed by atoms with Gasteiger partial charge in [-0.15, -0.1) is 5.10 Å². The van der Waals surface area contributed by atoms with E-state index in [1.54, 1.807) is 0 Å². The summed E-state index contributed by atoms with van der Waals surface area (Å²) in [6, 6.07) is 23.2. The van der Waals surface area contributed by atoms with Crippen LogP contribution < -0.4 is 15.5 Å². The minimum absolute atomic E-state index is 0.0669. The van der Waals surface area contributed by atoms with Gasteiger partial charge >= 0.3 is 6.01 Å². The number of nitrogens with zero attached hydrogens (tertiary/aromatic N) is 6. The molecule has 0 bridgehead atoms. The van der Waals surface area contributed by atoms with Gasteiger partial charge in [0, 0.05) is 30.4 Å². The van der Waals surface area contributed by atoms with E-state index in [0.29, 0.717) is 43.4 Å². The monoisotopic (exact) mass is 520 g/mol. The van der Waals surface area contributed by atoms with Crippen LogP contribution in [0.1, 0.15) is 11.1 Å². The Morgan fingerprint density at radius 2 is 1.72 bits per heavy atom. The summed E-state index contributed by atoms with van der Waals surface area (Å²) < 4.78 is 13.6. The van der Waals surface area contributed by atoms with Crippen LogP contribution in [0.25, 0.3) is 17.2 Å². The molecule has 5 heterocycles. The van der Waals surface area contributed by atoms with Crippen molar-refractivity contribution in [3.63, 3.8) is 0 Å². The number of nitrogens with one attached hydrogen (secondary N) is 2. The van der Waals surface area contributed by atoms with E-state index in [1.165, 1.54) is 0 Å². The number of anilines is 3. The maximum atomic E-state index is 13.2. The van der Waals surface area contributed by atoms with Crippen molar-refractivity contribution in [1.82, 2.24) is 19.6 Å². The predicted molar refractivity (Wildman–Crippen MR) is 146 cm³/mol. The average molecular weight is 521 g/mol. The molecule has 1 fully saturated rings. The lowest BCUT2D eigenvalue weighted by Gasteiger charge is -2.28. The van der Waals surface area contributed by atoms with Gasteiger partial charge in [-0.3, -0.25) is 9.20 Å². The van der Waals surface area contributed by atoms with E-state index >= 15 is 0 Å². The summed E-state index contributed by atoms with van der Waals surface area (Å²) in [5.74, 6) is 0.762. The number of imidazole rings is 1. The molecule has 2 aromatic carbocycles. The van der Waals surface area contributed by atoms with Crippen molar-refractivity contribution in [2.45, 2.75) is 6.17 Å². The van der Waals surface area contributed by atoms with Gasteiger partial charge in [0.25, 0.3) is 11.8 Å². The quantitative estimate of drug-likeness (QED) is 0.361. The Morgan fingerprint density at radius 3 is 2.59 bits per heavy atom. The maximum absolute atomic E-state index is 13.2. The van der Waals surface area contributed by atoms with Gasteiger partial charge in [0.2, 0.25) is 6.17 Å². The topological polar surface area (TPSA) is 122 Å². The molecule has 0 radical (unpaired) electrons. The largest absolute Gasteiger partial charge is 0.401 e. The molecule has 2 aliphatic rings. The zero-order valence-electron chi connectivity index (χ0n) is 20.8. The number of morpholine rings is 1. The van der Waals surface area contributed by atoms with Gasteiger partial charge < -0.3 is 24.7 Å². The van der Waals surface area contributed by atoms with Crippen molar-refractivity contribution in [1.29, 1.82) is 0 Å². The van der Waals surface area contributed by atoms with Gasteiger partial charge in [0.15, 0.2) is 5.69 Å². The first kappa shape index (κ1) is 23.1. The third-order valence-corrected chi connectivity index (χ3v) is 6.70. The number of aromatic nitrogens is 4. The van der Waals surface area contributed by atoms with Crippen LogP contribution in [0.5, 0.6) is 0 Å². The Bertz CT molecular complexity index is 1690. The number of ether oxygens (including phenoxy) is 1. The molecule has 5 aromatic rings. The molecule has 1 unspecified atom stereocenters. The number of fused-ring (bicyclic) bond motifs is 2. The summed E-state index contributed by atoms with van der Waals surface area (Å²) in [5, 5.41) is 14.4. The molecule has 3 aromatic heterocycles.